The van der Waals surface area contributed by atoms with Gasteiger partial charge in [-0.3, -0.25) is 24.0 Å². The lowest BCUT2D eigenvalue weighted by Gasteiger charge is -2.26. The van der Waals surface area contributed by atoms with Gasteiger partial charge in [-0.1, -0.05) is 70.4 Å². The maximum atomic E-state index is 12.2. The van der Waals surface area contributed by atoms with Crippen molar-refractivity contribution in [3.63, 3.8) is 0 Å². The van der Waals surface area contributed by atoms with E-state index in [2.05, 4.69) is 19.1 Å². The normalized spacial score (nSPS) is 13.6. The molecule has 10 heteroatoms. The molecule has 0 saturated carbocycles. The molecule has 3 atom stereocenters. The average molecular weight is 529 g/mol. The van der Waals surface area contributed by atoms with Crippen molar-refractivity contribution in [2.45, 2.75) is 116 Å². The molecule has 0 radical (unpaired) electrons. The summed E-state index contributed by atoms with van der Waals surface area (Å²) in [4.78, 5) is 57.6. The summed E-state index contributed by atoms with van der Waals surface area (Å²) in [5.74, 6) is -11.3. The molecule has 0 heterocycles. The van der Waals surface area contributed by atoms with Gasteiger partial charge in [-0.05, 0) is 32.1 Å². The van der Waals surface area contributed by atoms with E-state index < -0.39 is 60.6 Å². The number of rotatable bonds is 24. The Morgan fingerprint density at radius 3 is 1.59 bits per heavy atom. The smallest absolute Gasteiger partial charge is 0.311 e. The van der Waals surface area contributed by atoms with Crippen LogP contribution >= 0.6 is 0 Å². The monoisotopic (exact) mass is 528 g/mol. The molecular formula is C27H44O10. The van der Waals surface area contributed by atoms with Gasteiger partial charge < -0.3 is 25.2 Å². The molecule has 0 aliphatic rings. The van der Waals surface area contributed by atoms with Gasteiger partial charge in [-0.2, -0.15) is 0 Å². The predicted octanol–water partition coefficient (Wildman–Crippen LogP) is 5.29. The van der Waals surface area contributed by atoms with Crippen LogP contribution in [0.3, 0.4) is 0 Å². The van der Waals surface area contributed by atoms with Crippen molar-refractivity contribution < 1.29 is 49.1 Å². The second-order valence-electron chi connectivity index (χ2n) is 9.37. The molecule has 0 fully saturated rings. The number of carboxylic acids is 4. The summed E-state index contributed by atoms with van der Waals surface area (Å²) < 4.78 is 5.05. The van der Waals surface area contributed by atoms with Crippen LogP contribution in [-0.2, 0) is 28.7 Å². The molecule has 0 saturated heterocycles. The number of ether oxygens (including phenoxy) is 1. The van der Waals surface area contributed by atoms with Gasteiger partial charge in [0.15, 0.2) is 0 Å². The molecule has 0 spiro atoms. The Hall–Kier alpha value is -2.91. The van der Waals surface area contributed by atoms with E-state index in [1.54, 1.807) is 0 Å². The molecule has 37 heavy (non-hydrogen) atoms. The van der Waals surface area contributed by atoms with Crippen LogP contribution in [0.4, 0.5) is 0 Å². The third-order valence-corrected chi connectivity index (χ3v) is 6.13. The SMILES string of the molecule is CCCCCCCC/C=C\CCCCCCCC(=O)OC(CC(=O)O)C(C(=O)O)C(CC(=O)O)C(=O)O. The van der Waals surface area contributed by atoms with Crippen molar-refractivity contribution >= 4 is 29.8 Å². The van der Waals surface area contributed by atoms with Gasteiger partial charge in [0, 0.05) is 6.42 Å². The Morgan fingerprint density at radius 1 is 0.649 bits per heavy atom. The number of carbonyl (C=O) groups excluding carboxylic acids is 1. The van der Waals surface area contributed by atoms with E-state index in [9.17, 15) is 34.2 Å². The van der Waals surface area contributed by atoms with Crippen LogP contribution in [0.5, 0.6) is 0 Å². The minimum atomic E-state index is -2.01. The minimum absolute atomic E-state index is 0.0721. The van der Waals surface area contributed by atoms with Crippen molar-refractivity contribution in [1.82, 2.24) is 0 Å². The van der Waals surface area contributed by atoms with Crippen LogP contribution in [0, 0.1) is 11.8 Å². The van der Waals surface area contributed by atoms with Crippen molar-refractivity contribution in [2.75, 3.05) is 0 Å². The molecule has 0 aliphatic carbocycles. The van der Waals surface area contributed by atoms with Crippen molar-refractivity contribution in [3.05, 3.63) is 12.2 Å². The average Bonchev–Trinajstić information content (AvgIpc) is 2.80. The van der Waals surface area contributed by atoms with Crippen LogP contribution in [-0.4, -0.2) is 56.4 Å². The third-order valence-electron chi connectivity index (χ3n) is 6.13. The Labute approximate surface area is 219 Å². The summed E-state index contributed by atoms with van der Waals surface area (Å²) >= 11 is 0. The van der Waals surface area contributed by atoms with Gasteiger partial charge in [-0.25, -0.2) is 0 Å². The number of carboxylic acid groups (broad SMARTS) is 4. The summed E-state index contributed by atoms with van der Waals surface area (Å²) in [5.41, 5.74) is 0. The molecule has 3 unspecified atom stereocenters. The van der Waals surface area contributed by atoms with Crippen LogP contribution in [0.15, 0.2) is 12.2 Å². The van der Waals surface area contributed by atoms with E-state index in [4.69, 9.17) is 14.9 Å². The molecule has 10 nitrogen and oxygen atoms in total. The number of hydrogen-bond acceptors (Lipinski definition) is 6. The first-order chi connectivity index (χ1) is 17.6. The number of carbonyl (C=O) groups is 5. The van der Waals surface area contributed by atoms with Gasteiger partial charge in [-0.15, -0.1) is 0 Å². The summed E-state index contributed by atoms with van der Waals surface area (Å²) in [7, 11) is 0. The fourth-order valence-corrected chi connectivity index (χ4v) is 4.13. The van der Waals surface area contributed by atoms with E-state index in [1.807, 2.05) is 0 Å². The minimum Gasteiger partial charge on any atom is -0.481 e. The Kier molecular flexibility index (Phi) is 19.5. The Bertz CT molecular complexity index is 731. The van der Waals surface area contributed by atoms with E-state index in [1.165, 1.54) is 38.5 Å². The highest BCUT2D eigenvalue weighted by molar-refractivity contribution is 5.85. The molecule has 212 valence electrons. The number of allylic oxidation sites excluding steroid dienone is 2. The maximum absolute atomic E-state index is 12.2. The molecule has 0 rings (SSSR count). The van der Waals surface area contributed by atoms with E-state index in [0.29, 0.717) is 6.42 Å². The topological polar surface area (TPSA) is 176 Å². The van der Waals surface area contributed by atoms with Gasteiger partial charge in [0.2, 0.25) is 0 Å². The number of esters is 1. The van der Waals surface area contributed by atoms with Gasteiger partial charge in [0.1, 0.15) is 12.0 Å². The lowest BCUT2D eigenvalue weighted by Crippen LogP contribution is -2.43. The summed E-state index contributed by atoms with van der Waals surface area (Å²) in [6, 6.07) is 0. The molecule has 0 aromatic carbocycles. The molecule has 0 bridgehead atoms. The molecule has 0 aromatic rings. The van der Waals surface area contributed by atoms with E-state index in [-0.39, 0.29) is 6.42 Å². The zero-order valence-electron chi connectivity index (χ0n) is 21.9. The molecule has 4 N–H and O–H groups in total. The molecule has 0 aromatic heterocycles. The van der Waals surface area contributed by atoms with Gasteiger partial charge in [0.25, 0.3) is 0 Å². The summed E-state index contributed by atoms with van der Waals surface area (Å²) in [6.07, 6.45) is 14.5. The first-order valence-corrected chi connectivity index (χ1v) is 13.3. The quantitative estimate of drug-likeness (QED) is 0.0731. The van der Waals surface area contributed by atoms with Gasteiger partial charge in [0.05, 0.1) is 18.8 Å². The van der Waals surface area contributed by atoms with Gasteiger partial charge >= 0.3 is 29.8 Å². The molecular weight excluding hydrogens is 484 g/mol. The summed E-state index contributed by atoms with van der Waals surface area (Å²) in [6.45, 7) is 2.21. The van der Waals surface area contributed by atoms with E-state index in [0.717, 1.165) is 38.5 Å². The van der Waals surface area contributed by atoms with Crippen LogP contribution < -0.4 is 0 Å². The zero-order chi connectivity index (χ0) is 28.1. The highest BCUT2D eigenvalue weighted by Crippen LogP contribution is 2.26. The highest BCUT2D eigenvalue weighted by Gasteiger charge is 2.43. The number of hydrogen-bond donors (Lipinski definition) is 4. The predicted molar refractivity (Wildman–Crippen MR) is 136 cm³/mol. The zero-order valence-corrected chi connectivity index (χ0v) is 21.9. The van der Waals surface area contributed by atoms with Crippen molar-refractivity contribution in [3.8, 4) is 0 Å². The lowest BCUT2D eigenvalue weighted by molar-refractivity contribution is -0.171. The lowest BCUT2D eigenvalue weighted by atomic mass is 9.83. The third kappa shape index (κ3) is 18.1. The fraction of sp³-hybridized carbons (Fsp3) is 0.741. The Morgan fingerprint density at radius 2 is 1.14 bits per heavy atom. The number of unbranched alkanes of at least 4 members (excludes halogenated alkanes) is 11. The van der Waals surface area contributed by atoms with Crippen molar-refractivity contribution in [1.29, 1.82) is 0 Å². The highest BCUT2D eigenvalue weighted by atomic mass is 16.5. The first-order valence-electron chi connectivity index (χ1n) is 13.3. The van der Waals surface area contributed by atoms with Crippen LogP contribution in [0.1, 0.15) is 110 Å². The molecule has 0 aliphatic heterocycles. The number of aliphatic carboxylic acids is 4. The second-order valence-corrected chi connectivity index (χ2v) is 9.37. The Balaban J connectivity index is 4.39. The van der Waals surface area contributed by atoms with E-state index >= 15 is 0 Å². The second kappa shape index (κ2) is 21.2. The largest absolute Gasteiger partial charge is 0.481 e. The molecule has 0 amide bonds. The fourth-order valence-electron chi connectivity index (χ4n) is 4.13. The maximum Gasteiger partial charge on any atom is 0.311 e. The van der Waals surface area contributed by atoms with Crippen LogP contribution in [0.2, 0.25) is 0 Å². The standard InChI is InChI=1S/C27H44O10/c1-2-3-4-5-6-7-8-9-10-11-12-13-14-15-16-17-24(32)37-21(19-23(30)31)25(27(35)36)20(26(33)34)18-22(28)29/h9-10,20-21,25H,2-8,11-19H2,1H3,(H,28,29)(H,30,31)(H,33,34)(H,35,36)/b10-9-. The first kappa shape index (κ1) is 34.1. The van der Waals surface area contributed by atoms with Crippen molar-refractivity contribution in [2.24, 2.45) is 11.8 Å². The summed E-state index contributed by atoms with van der Waals surface area (Å²) in [5, 5.41) is 36.8. The van der Waals surface area contributed by atoms with Crippen LogP contribution in [0.25, 0.3) is 0 Å².